The molecular formula is C20H20BrN3O4. The fraction of sp³-hybridized carbons (Fsp3) is 0.250. The van der Waals surface area contributed by atoms with E-state index in [-0.39, 0.29) is 31.3 Å². The first-order valence-electron chi connectivity index (χ1n) is 8.73. The maximum absolute atomic E-state index is 12.4. The minimum Gasteiger partial charge on any atom is -0.408 e. The van der Waals surface area contributed by atoms with Crippen LogP contribution in [-0.2, 0) is 16.1 Å². The third kappa shape index (κ3) is 4.51. The number of nitrogens with zero attached hydrogens (tertiary/aromatic N) is 2. The lowest BCUT2D eigenvalue weighted by molar-refractivity contribution is -0.133. The van der Waals surface area contributed by atoms with Crippen molar-refractivity contribution in [3.8, 4) is 0 Å². The number of oxazole rings is 1. The highest BCUT2D eigenvalue weighted by Crippen LogP contribution is 2.20. The summed E-state index contributed by atoms with van der Waals surface area (Å²) in [6.07, 6.45) is 0.0878. The number of nitrogens with one attached hydrogen (secondary N) is 1. The molecule has 2 aromatic carbocycles. The van der Waals surface area contributed by atoms with Gasteiger partial charge in [-0.2, -0.15) is 0 Å². The number of hydrogen-bond donors (Lipinski definition) is 1. The number of fused-ring (bicyclic) bond motifs is 1. The highest BCUT2D eigenvalue weighted by atomic mass is 79.9. The van der Waals surface area contributed by atoms with Crippen molar-refractivity contribution >= 4 is 44.5 Å². The Labute approximate surface area is 170 Å². The molecule has 0 aliphatic rings. The van der Waals surface area contributed by atoms with Gasteiger partial charge < -0.3 is 14.6 Å². The summed E-state index contributed by atoms with van der Waals surface area (Å²) in [5, 5.41) is 2.80. The molecule has 28 heavy (non-hydrogen) atoms. The predicted octanol–water partition coefficient (Wildman–Crippen LogP) is 3.15. The van der Waals surface area contributed by atoms with Crippen LogP contribution in [0.2, 0.25) is 0 Å². The second-order valence-electron chi connectivity index (χ2n) is 6.49. The van der Waals surface area contributed by atoms with E-state index in [1.54, 1.807) is 37.4 Å². The number of hydrogen-bond acceptors (Lipinski definition) is 4. The van der Waals surface area contributed by atoms with E-state index in [2.05, 4.69) is 21.2 Å². The minimum atomic E-state index is -0.500. The number of benzene rings is 2. The first-order valence-corrected chi connectivity index (χ1v) is 9.53. The van der Waals surface area contributed by atoms with Gasteiger partial charge in [0.15, 0.2) is 5.58 Å². The van der Waals surface area contributed by atoms with E-state index in [1.165, 1.54) is 9.47 Å². The first kappa shape index (κ1) is 19.9. The summed E-state index contributed by atoms with van der Waals surface area (Å²) in [5.41, 5.74) is 2.75. The van der Waals surface area contributed by atoms with Crippen LogP contribution in [0, 0.1) is 6.92 Å². The van der Waals surface area contributed by atoms with E-state index in [4.69, 9.17) is 4.42 Å². The van der Waals surface area contributed by atoms with Gasteiger partial charge in [0.25, 0.3) is 0 Å². The van der Waals surface area contributed by atoms with E-state index >= 15 is 0 Å². The average molecular weight is 446 g/mol. The van der Waals surface area contributed by atoms with Crippen LogP contribution >= 0.6 is 15.9 Å². The van der Waals surface area contributed by atoms with Crippen molar-refractivity contribution in [3.63, 3.8) is 0 Å². The molecule has 3 aromatic rings. The van der Waals surface area contributed by atoms with Crippen molar-refractivity contribution in [2.75, 3.05) is 18.9 Å². The topological polar surface area (TPSA) is 84.5 Å². The van der Waals surface area contributed by atoms with Crippen LogP contribution in [-0.4, -0.2) is 34.9 Å². The van der Waals surface area contributed by atoms with E-state index in [1.807, 2.05) is 19.1 Å². The Morgan fingerprint density at radius 1 is 1.21 bits per heavy atom. The Morgan fingerprint density at radius 2 is 1.96 bits per heavy atom. The van der Waals surface area contributed by atoms with Gasteiger partial charge in [0.2, 0.25) is 11.8 Å². The lowest BCUT2D eigenvalue weighted by Gasteiger charge is -2.17. The van der Waals surface area contributed by atoms with Crippen molar-refractivity contribution in [2.24, 2.45) is 0 Å². The molecule has 0 fully saturated rings. The smallest absolute Gasteiger partial charge is 0.408 e. The number of halogens is 1. The van der Waals surface area contributed by atoms with Gasteiger partial charge in [-0.3, -0.25) is 14.2 Å². The van der Waals surface area contributed by atoms with Crippen molar-refractivity contribution in [2.45, 2.75) is 19.9 Å². The predicted molar refractivity (Wildman–Crippen MR) is 110 cm³/mol. The van der Waals surface area contributed by atoms with Crippen LogP contribution in [0.3, 0.4) is 0 Å². The first-order chi connectivity index (χ1) is 13.3. The Kier molecular flexibility index (Phi) is 5.99. The molecule has 1 aromatic heterocycles. The number of para-hydroxylation sites is 2. The van der Waals surface area contributed by atoms with Crippen LogP contribution in [0.15, 0.2) is 56.1 Å². The standard InChI is InChI=1S/C20H20BrN3O4/c1-13-11-14(21)7-8-15(13)22-18(25)12-23(2)19(26)9-10-24-16-5-3-4-6-17(16)28-20(24)27/h3-8,11H,9-10,12H2,1-2H3,(H,22,25). The highest BCUT2D eigenvalue weighted by Gasteiger charge is 2.16. The molecule has 1 N–H and O–H groups in total. The molecule has 146 valence electrons. The van der Waals surface area contributed by atoms with Crippen molar-refractivity contribution in [3.05, 3.63) is 63.1 Å². The summed E-state index contributed by atoms with van der Waals surface area (Å²) in [6, 6.07) is 12.6. The Balaban J connectivity index is 1.57. The zero-order valence-corrected chi connectivity index (χ0v) is 17.2. The molecule has 3 rings (SSSR count). The minimum absolute atomic E-state index is 0.0740. The molecule has 0 atom stereocenters. The van der Waals surface area contributed by atoms with E-state index < -0.39 is 5.76 Å². The summed E-state index contributed by atoms with van der Waals surface area (Å²) in [7, 11) is 1.56. The quantitative estimate of drug-likeness (QED) is 0.631. The third-order valence-corrected chi connectivity index (χ3v) is 4.89. The number of likely N-dealkylation sites (N-methyl/N-ethyl adjacent to an activating group) is 1. The summed E-state index contributed by atoms with van der Waals surface area (Å²) >= 11 is 3.38. The van der Waals surface area contributed by atoms with Gasteiger partial charge in [0, 0.05) is 30.2 Å². The fourth-order valence-corrected chi connectivity index (χ4v) is 3.36. The van der Waals surface area contributed by atoms with E-state index in [0.717, 1.165) is 10.0 Å². The number of amides is 2. The van der Waals surface area contributed by atoms with Gasteiger partial charge >= 0.3 is 5.76 Å². The number of carbonyl (C=O) groups is 2. The second-order valence-corrected chi connectivity index (χ2v) is 7.41. The van der Waals surface area contributed by atoms with Gasteiger partial charge in [-0.15, -0.1) is 0 Å². The Morgan fingerprint density at radius 3 is 2.71 bits per heavy atom. The zero-order chi connectivity index (χ0) is 20.3. The Hall–Kier alpha value is -2.87. The number of aryl methyl sites for hydroxylation is 2. The maximum atomic E-state index is 12.4. The van der Waals surface area contributed by atoms with Crippen LogP contribution < -0.4 is 11.1 Å². The monoisotopic (exact) mass is 445 g/mol. The molecule has 0 aliphatic heterocycles. The molecule has 0 bridgehead atoms. The molecule has 0 unspecified atom stereocenters. The molecule has 0 saturated heterocycles. The molecule has 7 nitrogen and oxygen atoms in total. The van der Waals surface area contributed by atoms with Gasteiger partial charge in [-0.25, -0.2) is 4.79 Å². The van der Waals surface area contributed by atoms with Crippen LogP contribution in [0.4, 0.5) is 5.69 Å². The zero-order valence-electron chi connectivity index (χ0n) is 15.6. The lowest BCUT2D eigenvalue weighted by Crippen LogP contribution is -2.35. The van der Waals surface area contributed by atoms with Crippen LogP contribution in [0.1, 0.15) is 12.0 Å². The number of aromatic nitrogens is 1. The summed E-state index contributed by atoms with van der Waals surface area (Å²) in [5.74, 6) is -1.02. The molecule has 0 spiro atoms. The van der Waals surface area contributed by atoms with Gasteiger partial charge in [-0.1, -0.05) is 28.1 Å². The van der Waals surface area contributed by atoms with Crippen molar-refractivity contribution in [1.29, 1.82) is 0 Å². The second kappa shape index (κ2) is 8.43. The van der Waals surface area contributed by atoms with Crippen molar-refractivity contribution in [1.82, 2.24) is 9.47 Å². The SMILES string of the molecule is Cc1cc(Br)ccc1NC(=O)CN(C)C(=O)CCn1c(=O)oc2ccccc21. The molecule has 0 radical (unpaired) electrons. The van der Waals surface area contributed by atoms with Crippen LogP contribution in [0.25, 0.3) is 11.1 Å². The molecule has 1 heterocycles. The maximum Gasteiger partial charge on any atom is 0.419 e. The van der Waals surface area contributed by atoms with Gasteiger partial charge in [0.05, 0.1) is 12.1 Å². The third-order valence-electron chi connectivity index (χ3n) is 4.39. The molecule has 0 saturated carbocycles. The average Bonchev–Trinajstić information content (AvgIpc) is 2.97. The summed E-state index contributed by atoms with van der Waals surface area (Å²) in [6.45, 7) is 2.00. The van der Waals surface area contributed by atoms with Gasteiger partial charge in [-0.05, 0) is 42.8 Å². The van der Waals surface area contributed by atoms with E-state index in [0.29, 0.717) is 16.8 Å². The normalized spacial score (nSPS) is 10.8. The molecule has 2 amide bonds. The number of rotatable bonds is 6. The fourth-order valence-electron chi connectivity index (χ4n) is 2.88. The lowest BCUT2D eigenvalue weighted by atomic mass is 10.2. The molecular weight excluding hydrogens is 426 g/mol. The largest absolute Gasteiger partial charge is 0.419 e. The molecule has 8 heteroatoms. The summed E-state index contributed by atoms with van der Waals surface area (Å²) < 4.78 is 7.51. The van der Waals surface area contributed by atoms with Crippen molar-refractivity contribution < 1.29 is 14.0 Å². The Bertz CT molecular complexity index is 1090. The summed E-state index contributed by atoms with van der Waals surface area (Å²) in [4.78, 5) is 37.9. The van der Waals surface area contributed by atoms with E-state index in [9.17, 15) is 14.4 Å². The number of anilines is 1. The number of carbonyl (C=O) groups excluding carboxylic acids is 2. The van der Waals surface area contributed by atoms with Crippen LogP contribution in [0.5, 0.6) is 0 Å². The molecule has 0 aliphatic carbocycles. The highest BCUT2D eigenvalue weighted by molar-refractivity contribution is 9.10. The van der Waals surface area contributed by atoms with Gasteiger partial charge in [0.1, 0.15) is 0 Å².